The van der Waals surface area contributed by atoms with E-state index in [1.165, 1.54) is 4.68 Å². The topological polar surface area (TPSA) is 133 Å². The molecule has 1 aromatic heterocycles. The van der Waals surface area contributed by atoms with E-state index in [2.05, 4.69) is 5.10 Å². The fourth-order valence-corrected chi connectivity index (χ4v) is 2.91. The Hall–Kier alpha value is -3.23. The molecular weight excluding hydrogens is 376 g/mol. The van der Waals surface area contributed by atoms with Gasteiger partial charge in [0.15, 0.2) is 11.8 Å². The van der Waals surface area contributed by atoms with E-state index >= 15 is 0 Å². The van der Waals surface area contributed by atoms with Crippen LogP contribution >= 0.6 is 0 Å². The van der Waals surface area contributed by atoms with Crippen molar-refractivity contribution in [2.24, 2.45) is 11.7 Å². The molecule has 0 aliphatic carbocycles. The molecule has 0 bridgehead atoms. The number of amides is 3. The number of hydrogen-bond acceptors (Lipinski definition) is 6. The van der Waals surface area contributed by atoms with Gasteiger partial charge in [-0.15, -0.1) is 0 Å². The molecule has 0 aliphatic heterocycles. The summed E-state index contributed by atoms with van der Waals surface area (Å²) in [6.45, 7) is 5.74. The lowest BCUT2D eigenvalue weighted by Crippen LogP contribution is -2.45. The number of rotatable bonds is 8. The lowest BCUT2D eigenvalue weighted by atomic mass is 10.1. The van der Waals surface area contributed by atoms with Crippen molar-refractivity contribution in [2.75, 3.05) is 0 Å². The SMILES string of the molecule is CCCCCn1nc(C(=O)O[C@H](C(=O)NC(N)=O)C(C)C)c2ccccc2c1=O. The van der Waals surface area contributed by atoms with Crippen LogP contribution in [-0.4, -0.2) is 33.8 Å². The highest BCUT2D eigenvalue weighted by molar-refractivity contribution is 6.03. The number of nitrogens with one attached hydrogen (secondary N) is 1. The number of benzene rings is 1. The molecule has 0 saturated heterocycles. The van der Waals surface area contributed by atoms with Gasteiger partial charge in [-0.05, 0) is 18.4 Å². The Morgan fingerprint density at radius 1 is 1.17 bits per heavy atom. The number of nitrogens with zero attached hydrogens (tertiary/aromatic N) is 2. The van der Waals surface area contributed by atoms with Gasteiger partial charge in [0.25, 0.3) is 11.5 Å². The fraction of sp³-hybridized carbons (Fsp3) is 0.450. The number of carbonyl (C=O) groups is 3. The maximum atomic E-state index is 12.9. The van der Waals surface area contributed by atoms with E-state index in [0.29, 0.717) is 17.3 Å². The Labute approximate surface area is 168 Å². The minimum Gasteiger partial charge on any atom is -0.447 e. The minimum atomic E-state index is -1.24. The third-order valence-corrected chi connectivity index (χ3v) is 4.38. The van der Waals surface area contributed by atoms with Crippen molar-refractivity contribution in [1.29, 1.82) is 0 Å². The molecule has 1 atom stereocenters. The van der Waals surface area contributed by atoms with Gasteiger partial charge in [-0.1, -0.05) is 51.8 Å². The number of primary amides is 1. The molecule has 0 fully saturated rings. The highest BCUT2D eigenvalue weighted by Crippen LogP contribution is 2.17. The van der Waals surface area contributed by atoms with E-state index in [4.69, 9.17) is 10.5 Å². The van der Waals surface area contributed by atoms with Gasteiger partial charge < -0.3 is 10.5 Å². The van der Waals surface area contributed by atoms with Gasteiger partial charge in [-0.25, -0.2) is 14.3 Å². The van der Waals surface area contributed by atoms with Gasteiger partial charge in [0.05, 0.1) is 5.39 Å². The summed E-state index contributed by atoms with van der Waals surface area (Å²) >= 11 is 0. The highest BCUT2D eigenvalue weighted by Gasteiger charge is 2.29. The van der Waals surface area contributed by atoms with E-state index in [1.807, 2.05) is 12.2 Å². The van der Waals surface area contributed by atoms with Gasteiger partial charge in [0, 0.05) is 11.9 Å². The Bertz CT molecular complexity index is 967. The second-order valence-electron chi connectivity index (χ2n) is 7.05. The average Bonchev–Trinajstić information content (AvgIpc) is 2.67. The Morgan fingerprint density at radius 3 is 2.41 bits per heavy atom. The summed E-state index contributed by atoms with van der Waals surface area (Å²) in [6.07, 6.45) is 1.40. The number of imide groups is 1. The molecule has 0 saturated carbocycles. The molecule has 2 aromatic rings. The lowest BCUT2D eigenvalue weighted by molar-refractivity contribution is -0.130. The number of unbranched alkanes of at least 4 members (excludes halogenated alkanes) is 2. The van der Waals surface area contributed by atoms with Crippen molar-refractivity contribution in [2.45, 2.75) is 52.7 Å². The normalized spacial score (nSPS) is 12.0. The highest BCUT2D eigenvalue weighted by atomic mass is 16.5. The van der Waals surface area contributed by atoms with Crippen LogP contribution in [-0.2, 0) is 16.1 Å². The molecule has 0 radical (unpaired) electrons. The van der Waals surface area contributed by atoms with Crippen molar-refractivity contribution in [3.63, 3.8) is 0 Å². The largest absolute Gasteiger partial charge is 0.447 e. The number of nitrogens with two attached hydrogens (primary N) is 1. The number of aryl methyl sites for hydroxylation is 1. The first-order valence-corrected chi connectivity index (χ1v) is 9.57. The second-order valence-corrected chi connectivity index (χ2v) is 7.05. The van der Waals surface area contributed by atoms with Crippen LogP contribution in [0.4, 0.5) is 4.79 Å². The maximum absolute atomic E-state index is 12.9. The van der Waals surface area contributed by atoms with Gasteiger partial charge in [-0.2, -0.15) is 5.10 Å². The summed E-state index contributed by atoms with van der Waals surface area (Å²) in [5, 5.41) is 6.81. The van der Waals surface area contributed by atoms with Crippen LogP contribution in [0.5, 0.6) is 0 Å². The number of urea groups is 1. The number of aromatic nitrogens is 2. The zero-order chi connectivity index (χ0) is 21.6. The molecule has 0 aliphatic rings. The number of esters is 1. The molecule has 0 spiro atoms. The van der Waals surface area contributed by atoms with Crippen molar-refractivity contribution in [3.05, 3.63) is 40.3 Å². The predicted octanol–water partition coefficient (Wildman–Crippen LogP) is 1.96. The van der Waals surface area contributed by atoms with Crippen LogP contribution in [0.15, 0.2) is 29.1 Å². The van der Waals surface area contributed by atoms with Gasteiger partial charge in [0.2, 0.25) is 0 Å². The van der Waals surface area contributed by atoms with Crippen molar-refractivity contribution < 1.29 is 19.1 Å². The molecular formula is C20H26N4O5. The zero-order valence-corrected chi connectivity index (χ0v) is 16.8. The first-order chi connectivity index (χ1) is 13.8. The molecule has 1 aromatic carbocycles. The van der Waals surface area contributed by atoms with Gasteiger partial charge in [0.1, 0.15) is 0 Å². The Kier molecular flexibility index (Phi) is 7.46. The first-order valence-electron chi connectivity index (χ1n) is 9.57. The zero-order valence-electron chi connectivity index (χ0n) is 16.8. The van der Waals surface area contributed by atoms with E-state index in [1.54, 1.807) is 38.1 Å². The summed E-state index contributed by atoms with van der Waals surface area (Å²) in [7, 11) is 0. The standard InChI is InChI=1S/C20H26N4O5/c1-4-5-8-11-24-18(26)14-10-7-6-9-13(14)15(23-24)19(27)29-16(12(2)3)17(25)22-20(21)28/h6-7,9-10,12,16H,4-5,8,11H2,1-3H3,(H3,21,22,25,28)/t16-/m0/s1. The predicted molar refractivity (Wildman–Crippen MR) is 107 cm³/mol. The summed E-state index contributed by atoms with van der Waals surface area (Å²) in [4.78, 5) is 48.7. The molecule has 2 rings (SSSR count). The smallest absolute Gasteiger partial charge is 0.360 e. The third-order valence-electron chi connectivity index (χ3n) is 4.38. The molecule has 3 N–H and O–H groups in total. The number of carbonyl (C=O) groups excluding carboxylic acids is 3. The molecule has 9 nitrogen and oxygen atoms in total. The first kappa shape index (κ1) is 22.1. The van der Waals surface area contributed by atoms with E-state index in [-0.39, 0.29) is 11.3 Å². The molecule has 0 unspecified atom stereocenters. The Morgan fingerprint density at radius 2 is 1.83 bits per heavy atom. The van der Waals surface area contributed by atoms with Crippen LogP contribution in [0, 0.1) is 5.92 Å². The molecule has 29 heavy (non-hydrogen) atoms. The number of ether oxygens (including phenoxy) is 1. The minimum absolute atomic E-state index is 0.0609. The van der Waals surface area contributed by atoms with Crippen molar-refractivity contribution >= 4 is 28.7 Å². The van der Waals surface area contributed by atoms with Crippen molar-refractivity contribution in [3.8, 4) is 0 Å². The van der Waals surface area contributed by atoms with Gasteiger partial charge in [-0.3, -0.25) is 14.9 Å². The van der Waals surface area contributed by atoms with Gasteiger partial charge >= 0.3 is 12.0 Å². The molecule has 9 heteroatoms. The molecule has 3 amide bonds. The number of fused-ring (bicyclic) bond motifs is 1. The van der Waals surface area contributed by atoms with Crippen LogP contribution in [0.3, 0.4) is 0 Å². The van der Waals surface area contributed by atoms with E-state index < -0.39 is 29.9 Å². The fourth-order valence-electron chi connectivity index (χ4n) is 2.91. The van der Waals surface area contributed by atoms with E-state index in [0.717, 1.165) is 19.3 Å². The van der Waals surface area contributed by atoms with Crippen LogP contribution < -0.4 is 16.6 Å². The van der Waals surface area contributed by atoms with Crippen molar-refractivity contribution in [1.82, 2.24) is 15.1 Å². The summed E-state index contributed by atoms with van der Waals surface area (Å²) < 4.78 is 6.61. The Balaban J connectivity index is 2.43. The summed E-state index contributed by atoms with van der Waals surface area (Å²) in [6, 6.07) is 5.56. The average molecular weight is 402 g/mol. The van der Waals surface area contributed by atoms with Crippen LogP contribution in [0.2, 0.25) is 0 Å². The van der Waals surface area contributed by atoms with Crippen LogP contribution in [0.25, 0.3) is 10.8 Å². The molecule has 1 heterocycles. The van der Waals surface area contributed by atoms with E-state index in [9.17, 15) is 19.2 Å². The summed E-state index contributed by atoms with van der Waals surface area (Å²) in [5.74, 6) is -2.09. The lowest BCUT2D eigenvalue weighted by Gasteiger charge is -2.20. The third kappa shape index (κ3) is 5.40. The van der Waals surface area contributed by atoms with Crippen LogP contribution in [0.1, 0.15) is 50.5 Å². The summed E-state index contributed by atoms with van der Waals surface area (Å²) in [5.41, 5.74) is 4.63. The molecule has 156 valence electrons. The monoisotopic (exact) mass is 402 g/mol. The maximum Gasteiger partial charge on any atom is 0.360 e. The second kappa shape index (κ2) is 9.81. The quantitative estimate of drug-likeness (QED) is 0.512. The number of hydrogen-bond donors (Lipinski definition) is 2.